The molecule has 1 fully saturated rings. The van der Waals surface area contributed by atoms with Gasteiger partial charge in [0.25, 0.3) is 0 Å². The van der Waals surface area contributed by atoms with Gasteiger partial charge in [-0.1, -0.05) is 0 Å². The Bertz CT molecular complexity index is 944. The van der Waals surface area contributed by atoms with Crippen LogP contribution in [0, 0.1) is 5.82 Å². The Hall–Kier alpha value is -3.18. The molecule has 10 nitrogen and oxygen atoms in total. The maximum absolute atomic E-state index is 15.0. The van der Waals surface area contributed by atoms with Gasteiger partial charge in [0.15, 0.2) is 0 Å². The van der Waals surface area contributed by atoms with Crippen molar-refractivity contribution in [2.24, 2.45) is 5.73 Å². The molecule has 0 spiro atoms. The number of carbonyl (C=O) groups excluding carboxylic acids is 1. The lowest BCUT2D eigenvalue weighted by Gasteiger charge is -2.38. The summed E-state index contributed by atoms with van der Waals surface area (Å²) in [7, 11) is 0. The molecule has 2 atom stereocenters. The molecule has 0 aromatic heterocycles. The molecule has 0 aliphatic carbocycles. The predicted molar refractivity (Wildman–Crippen MR) is 114 cm³/mol. The summed E-state index contributed by atoms with van der Waals surface area (Å²) in [5, 5.41) is 28.5. The molecule has 2 aliphatic rings. The monoisotopic (exact) mass is 450 g/mol. The lowest BCUT2D eigenvalue weighted by atomic mass is 9.95. The van der Waals surface area contributed by atoms with Crippen LogP contribution in [0.3, 0.4) is 0 Å². The van der Waals surface area contributed by atoms with Gasteiger partial charge in [0.1, 0.15) is 11.9 Å². The first-order valence-electron chi connectivity index (χ1n) is 10.4. The Morgan fingerprint density at radius 1 is 1.16 bits per heavy atom. The number of rotatable bonds is 7. The molecule has 1 aromatic rings. The summed E-state index contributed by atoms with van der Waals surface area (Å²) in [6.45, 7) is 3.55. The Morgan fingerprint density at radius 2 is 1.81 bits per heavy atom. The highest BCUT2D eigenvalue weighted by Crippen LogP contribution is 2.40. The van der Waals surface area contributed by atoms with Crippen molar-refractivity contribution in [3.05, 3.63) is 35.3 Å². The van der Waals surface area contributed by atoms with Gasteiger partial charge >= 0.3 is 11.9 Å². The lowest BCUT2D eigenvalue weighted by molar-refractivity contribution is -0.138. The number of aliphatic carboxylic acids is 2. The fourth-order valence-electron chi connectivity index (χ4n) is 3.99. The number of halogens is 1. The average molecular weight is 450 g/mol. The Morgan fingerprint density at radius 3 is 2.38 bits per heavy atom. The number of aliphatic hydroxyl groups excluding tert-OH is 1. The van der Waals surface area contributed by atoms with Crippen LogP contribution in [-0.4, -0.2) is 76.8 Å². The molecule has 32 heavy (non-hydrogen) atoms. The highest BCUT2D eigenvalue weighted by Gasteiger charge is 2.32. The van der Waals surface area contributed by atoms with Crippen LogP contribution in [0.4, 0.5) is 15.8 Å². The molecule has 5 N–H and O–H groups in total. The number of nitrogens with zero attached hydrogens (tertiary/aromatic N) is 3. The molecule has 1 unspecified atom stereocenters. The minimum atomic E-state index is -1.43. The minimum Gasteiger partial charge on any atom is -0.481 e. The minimum absolute atomic E-state index is 0.0505. The number of nitrogens with two attached hydrogens (primary N) is 1. The molecule has 0 saturated carbocycles. The first-order chi connectivity index (χ1) is 15.1. The van der Waals surface area contributed by atoms with Crippen molar-refractivity contribution in [1.29, 1.82) is 0 Å². The number of carbonyl (C=O) groups is 3. The van der Waals surface area contributed by atoms with Crippen LogP contribution in [0.5, 0.6) is 0 Å². The van der Waals surface area contributed by atoms with Gasteiger partial charge in [0.2, 0.25) is 5.91 Å². The lowest BCUT2D eigenvalue weighted by Crippen LogP contribution is -2.53. The molecule has 0 radical (unpaired) electrons. The highest BCUT2D eigenvalue weighted by molar-refractivity contribution is 5.91. The van der Waals surface area contributed by atoms with Gasteiger partial charge in [0, 0.05) is 56.6 Å². The number of carboxylic acids is 2. The number of fused-ring (bicyclic) bond motifs is 1. The number of benzene rings is 1. The zero-order valence-corrected chi connectivity index (χ0v) is 17.7. The van der Waals surface area contributed by atoms with Crippen molar-refractivity contribution in [3.63, 3.8) is 0 Å². The van der Waals surface area contributed by atoms with E-state index in [0.717, 1.165) is 6.07 Å². The topological polar surface area (TPSA) is 148 Å². The molecule has 1 amide bonds. The summed E-state index contributed by atoms with van der Waals surface area (Å²) in [5.41, 5.74) is 6.60. The van der Waals surface area contributed by atoms with Crippen LogP contribution in [-0.2, 0) is 14.4 Å². The fourth-order valence-corrected chi connectivity index (χ4v) is 3.99. The summed E-state index contributed by atoms with van der Waals surface area (Å²) in [5.74, 6) is -3.21. The van der Waals surface area contributed by atoms with E-state index in [1.165, 1.54) is 6.20 Å². The SMILES string of the molecule is CCN1C=C(C(=O)O)C(O)c2cc(F)c(N3CCN(C(=O)[C@@H](N)CCC(=O)O)CC3)cc21. The van der Waals surface area contributed by atoms with Gasteiger partial charge in [-0.05, 0) is 25.5 Å². The van der Waals surface area contributed by atoms with Gasteiger partial charge < -0.3 is 35.8 Å². The van der Waals surface area contributed by atoms with Crippen molar-refractivity contribution in [2.75, 3.05) is 42.5 Å². The molecule has 1 saturated heterocycles. The van der Waals surface area contributed by atoms with Crippen LogP contribution < -0.4 is 15.5 Å². The van der Waals surface area contributed by atoms with E-state index in [1.807, 2.05) is 6.92 Å². The molecule has 11 heteroatoms. The number of aliphatic hydroxyl groups is 1. The van der Waals surface area contributed by atoms with Crippen LogP contribution >= 0.6 is 0 Å². The van der Waals surface area contributed by atoms with Crippen LogP contribution in [0.15, 0.2) is 23.9 Å². The van der Waals surface area contributed by atoms with E-state index in [-0.39, 0.29) is 29.9 Å². The molecular formula is C21H27FN4O6. The summed E-state index contributed by atoms with van der Waals surface area (Å²) in [6, 6.07) is 1.85. The number of piperazine rings is 1. The third-order valence-corrected chi connectivity index (χ3v) is 5.80. The molecule has 174 valence electrons. The van der Waals surface area contributed by atoms with Gasteiger partial charge in [-0.2, -0.15) is 0 Å². The maximum Gasteiger partial charge on any atom is 0.336 e. The van der Waals surface area contributed by atoms with Crippen LogP contribution in [0.2, 0.25) is 0 Å². The average Bonchev–Trinajstić information content (AvgIpc) is 2.77. The largest absolute Gasteiger partial charge is 0.481 e. The van der Waals surface area contributed by atoms with Crippen molar-refractivity contribution >= 4 is 29.2 Å². The van der Waals surface area contributed by atoms with E-state index in [9.17, 15) is 29.0 Å². The number of carboxylic acid groups (broad SMARTS) is 2. The van der Waals surface area contributed by atoms with Crippen molar-refractivity contribution in [3.8, 4) is 0 Å². The molecular weight excluding hydrogens is 423 g/mol. The van der Waals surface area contributed by atoms with Gasteiger partial charge in [-0.3, -0.25) is 9.59 Å². The molecule has 2 heterocycles. The quantitative estimate of drug-likeness (QED) is 0.466. The second kappa shape index (κ2) is 9.53. The van der Waals surface area contributed by atoms with E-state index in [1.54, 1.807) is 20.8 Å². The smallest absolute Gasteiger partial charge is 0.336 e. The number of anilines is 2. The maximum atomic E-state index is 15.0. The van der Waals surface area contributed by atoms with E-state index in [0.29, 0.717) is 44.1 Å². The summed E-state index contributed by atoms with van der Waals surface area (Å²) in [6.07, 6.45) is -0.220. The summed E-state index contributed by atoms with van der Waals surface area (Å²) >= 11 is 0. The van der Waals surface area contributed by atoms with Crippen LogP contribution in [0.1, 0.15) is 31.4 Å². The van der Waals surface area contributed by atoms with Crippen molar-refractivity contribution in [2.45, 2.75) is 31.9 Å². The standard InChI is InChI=1S/C21H27FN4O6/c1-2-24-11-13(21(31)32)19(29)12-9-14(22)17(10-16(12)24)25-5-7-26(8-6-25)20(30)15(23)3-4-18(27)28/h9-11,15,19,29H,2-8,23H2,1H3,(H,27,28)(H,31,32)/t15-,19?/m0/s1. The van der Waals surface area contributed by atoms with Crippen molar-refractivity contribution in [1.82, 2.24) is 4.90 Å². The summed E-state index contributed by atoms with van der Waals surface area (Å²) < 4.78 is 15.0. The van der Waals surface area contributed by atoms with E-state index < -0.39 is 29.9 Å². The van der Waals surface area contributed by atoms with E-state index in [4.69, 9.17) is 10.8 Å². The van der Waals surface area contributed by atoms with Crippen molar-refractivity contribution < 1.29 is 34.1 Å². The second-order valence-corrected chi connectivity index (χ2v) is 7.79. The van der Waals surface area contributed by atoms with E-state index in [2.05, 4.69) is 0 Å². The third-order valence-electron chi connectivity index (χ3n) is 5.80. The second-order valence-electron chi connectivity index (χ2n) is 7.79. The third kappa shape index (κ3) is 4.68. The zero-order valence-electron chi connectivity index (χ0n) is 17.7. The van der Waals surface area contributed by atoms with Gasteiger partial charge in [-0.15, -0.1) is 0 Å². The first-order valence-corrected chi connectivity index (χ1v) is 10.4. The predicted octanol–water partition coefficient (Wildman–Crippen LogP) is 0.508. The fraction of sp³-hybridized carbons (Fsp3) is 0.476. The molecule has 1 aromatic carbocycles. The van der Waals surface area contributed by atoms with Crippen LogP contribution in [0.25, 0.3) is 0 Å². The highest BCUT2D eigenvalue weighted by atomic mass is 19.1. The zero-order chi connectivity index (χ0) is 23.6. The Kier molecular flexibility index (Phi) is 6.99. The summed E-state index contributed by atoms with van der Waals surface area (Å²) in [4.78, 5) is 39.5. The van der Waals surface area contributed by atoms with Gasteiger partial charge in [0.05, 0.1) is 17.3 Å². The van der Waals surface area contributed by atoms with E-state index >= 15 is 0 Å². The first kappa shape index (κ1) is 23.5. The Balaban J connectivity index is 1.75. The molecule has 3 rings (SSSR count). The number of hydrogen-bond acceptors (Lipinski definition) is 7. The Labute approximate surface area is 184 Å². The molecule has 0 bridgehead atoms. The number of amides is 1. The molecule has 2 aliphatic heterocycles. The normalized spacial score (nSPS) is 19.3. The van der Waals surface area contributed by atoms with Gasteiger partial charge in [-0.25, -0.2) is 9.18 Å². The number of hydrogen-bond donors (Lipinski definition) is 4.